The average molecular weight is 369 g/mol. The van der Waals surface area contributed by atoms with E-state index in [1.165, 1.54) is 11.8 Å². The van der Waals surface area contributed by atoms with Gasteiger partial charge in [0.05, 0.1) is 17.7 Å². The average Bonchev–Trinajstić information content (AvgIpc) is 2.62. The predicted molar refractivity (Wildman–Crippen MR) is 105 cm³/mol. The number of aromatic nitrogens is 2. The predicted octanol–water partition coefficient (Wildman–Crippen LogP) is 4.34. The van der Waals surface area contributed by atoms with E-state index in [0.717, 1.165) is 22.2 Å². The van der Waals surface area contributed by atoms with Gasteiger partial charge in [-0.05, 0) is 32.0 Å². The molecule has 0 saturated carbocycles. The van der Waals surface area contributed by atoms with E-state index in [2.05, 4.69) is 29.9 Å². The first kappa shape index (κ1) is 19.9. The number of benzene rings is 1. The minimum Gasteiger partial charge on any atom is -0.310 e. The van der Waals surface area contributed by atoms with Crippen LogP contribution < -0.4 is 4.90 Å². The quantitative estimate of drug-likeness (QED) is 0.537. The van der Waals surface area contributed by atoms with Gasteiger partial charge in [0.2, 0.25) is 5.91 Å². The van der Waals surface area contributed by atoms with E-state index in [1.807, 2.05) is 50.2 Å². The van der Waals surface area contributed by atoms with Gasteiger partial charge in [-0.25, -0.2) is 9.97 Å². The Morgan fingerprint density at radius 3 is 2.54 bits per heavy atom. The van der Waals surface area contributed by atoms with Crippen molar-refractivity contribution in [2.75, 3.05) is 11.4 Å². The second-order valence-electron chi connectivity index (χ2n) is 6.35. The van der Waals surface area contributed by atoms with Crippen molar-refractivity contribution in [3.8, 4) is 6.07 Å². The van der Waals surface area contributed by atoms with Gasteiger partial charge >= 0.3 is 0 Å². The molecule has 26 heavy (non-hydrogen) atoms. The fourth-order valence-corrected chi connectivity index (χ4v) is 3.44. The van der Waals surface area contributed by atoms with Crippen LogP contribution in [0.4, 0.5) is 5.69 Å². The number of carbonyl (C=O) groups excluding carboxylic acids is 1. The standard InChI is InChI=1S/C20H24N4OS/c1-14(2)19-22-15(3)13-18(23-19)26-16(4)20(25)24(12-8-11-21)17-9-6-5-7-10-17/h5-7,9-10,13-14,16H,8,12H2,1-4H3. The molecule has 0 N–H and O–H groups in total. The number of anilines is 1. The number of rotatable bonds is 7. The molecule has 1 atom stereocenters. The van der Waals surface area contributed by atoms with Gasteiger partial charge in [0.15, 0.2) is 0 Å². The van der Waals surface area contributed by atoms with Crippen LogP contribution in [0.3, 0.4) is 0 Å². The van der Waals surface area contributed by atoms with Crippen LogP contribution in [-0.4, -0.2) is 27.7 Å². The van der Waals surface area contributed by atoms with Crippen molar-refractivity contribution in [2.24, 2.45) is 0 Å². The maximum atomic E-state index is 13.0. The number of thioether (sulfide) groups is 1. The molecule has 0 radical (unpaired) electrons. The molecule has 5 nitrogen and oxygen atoms in total. The number of para-hydroxylation sites is 1. The van der Waals surface area contributed by atoms with Crippen LogP contribution >= 0.6 is 11.8 Å². The zero-order chi connectivity index (χ0) is 19.1. The van der Waals surface area contributed by atoms with E-state index in [9.17, 15) is 4.79 Å². The summed E-state index contributed by atoms with van der Waals surface area (Å²) in [5.41, 5.74) is 1.71. The minimum atomic E-state index is -0.316. The molecule has 1 unspecified atom stereocenters. The van der Waals surface area contributed by atoms with E-state index < -0.39 is 0 Å². The topological polar surface area (TPSA) is 69.9 Å². The first-order chi connectivity index (χ1) is 12.4. The first-order valence-electron chi connectivity index (χ1n) is 8.68. The monoisotopic (exact) mass is 368 g/mol. The molecule has 0 aliphatic rings. The van der Waals surface area contributed by atoms with Gasteiger partial charge in [0.25, 0.3) is 0 Å². The van der Waals surface area contributed by atoms with Gasteiger partial charge in [0.1, 0.15) is 10.9 Å². The third kappa shape index (κ3) is 5.30. The van der Waals surface area contributed by atoms with Crippen molar-refractivity contribution >= 4 is 23.4 Å². The van der Waals surface area contributed by atoms with Crippen molar-refractivity contribution < 1.29 is 4.79 Å². The number of carbonyl (C=O) groups is 1. The van der Waals surface area contributed by atoms with Gasteiger partial charge in [0, 0.05) is 23.8 Å². The van der Waals surface area contributed by atoms with Crippen LogP contribution in [0.2, 0.25) is 0 Å². The summed E-state index contributed by atoms with van der Waals surface area (Å²) in [6, 6.07) is 13.5. The minimum absolute atomic E-state index is 0.0289. The molecule has 1 heterocycles. The molecule has 1 aromatic heterocycles. The number of nitrogens with zero attached hydrogens (tertiary/aromatic N) is 4. The molecular formula is C20H24N4OS. The molecule has 0 aliphatic heterocycles. The van der Waals surface area contributed by atoms with Gasteiger partial charge in [-0.2, -0.15) is 5.26 Å². The highest BCUT2D eigenvalue weighted by Gasteiger charge is 2.23. The normalized spacial score (nSPS) is 11.8. The van der Waals surface area contributed by atoms with Crippen LogP contribution in [0.15, 0.2) is 41.4 Å². The second-order valence-corrected chi connectivity index (χ2v) is 7.72. The number of hydrogen-bond donors (Lipinski definition) is 0. The zero-order valence-corrected chi connectivity index (χ0v) is 16.5. The third-order valence-electron chi connectivity index (χ3n) is 3.79. The molecule has 0 bridgehead atoms. The SMILES string of the molecule is Cc1cc(SC(C)C(=O)N(CCC#N)c2ccccc2)nc(C(C)C)n1. The molecular weight excluding hydrogens is 344 g/mol. The van der Waals surface area contributed by atoms with Gasteiger partial charge in [-0.15, -0.1) is 0 Å². The molecule has 1 aromatic carbocycles. The number of hydrogen-bond acceptors (Lipinski definition) is 5. The van der Waals surface area contributed by atoms with Crippen molar-refractivity contribution in [3.05, 3.63) is 47.9 Å². The molecule has 0 fully saturated rings. The highest BCUT2D eigenvalue weighted by molar-refractivity contribution is 8.00. The van der Waals surface area contributed by atoms with Crippen LogP contribution in [0.5, 0.6) is 0 Å². The molecule has 0 spiro atoms. The fraction of sp³-hybridized carbons (Fsp3) is 0.400. The zero-order valence-electron chi connectivity index (χ0n) is 15.6. The van der Waals surface area contributed by atoms with E-state index in [1.54, 1.807) is 4.90 Å². The Morgan fingerprint density at radius 1 is 1.23 bits per heavy atom. The summed E-state index contributed by atoms with van der Waals surface area (Å²) < 4.78 is 0. The number of amides is 1. The van der Waals surface area contributed by atoms with Crippen LogP contribution in [0.1, 0.15) is 44.6 Å². The van der Waals surface area contributed by atoms with Crippen LogP contribution in [-0.2, 0) is 4.79 Å². The second kappa shape index (κ2) is 9.35. The molecule has 2 aromatic rings. The van der Waals surface area contributed by atoms with Crippen molar-refractivity contribution in [2.45, 2.75) is 50.3 Å². The Bertz CT molecular complexity index is 786. The lowest BCUT2D eigenvalue weighted by Gasteiger charge is -2.25. The summed E-state index contributed by atoms with van der Waals surface area (Å²) in [7, 11) is 0. The molecule has 2 rings (SSSR count). The molecule has 0 aliphatic carbocycles. The van der Waals surface area contributed by atoms with Gasteiger partial charge < -0.3 is 4.90 Å². The van der Waals surface area contributed by atoms with Crippen molar-refractivity contribution in [1.82, 2.24) is 9.97 Å². The number of nitriles is 1. The maximum Gasteiger partial charge on any atom is 0.240 e. The van der Waals surface area contributed by atoms with E-state index in [0.29, 0.717) is 13.0 Å². The summed E-state index contributed by atoms with van der Waals surface area (Å²) in [6.07, 6.45) is 0.294. The van der Waals surface area contributed by atoms with E-state index >= 15 is 0 Å². The Hall–Kier alpha value is -2.39. The summed E-state index contributed by atoms with van der Waals surface area (Å²) >= 11 is 1.43. The lowest BCUT2D eigenvalue weighted by Crippen LogP contribution is -2.37. The molecule has 1 amide bonds. The smallest absolute Gasteiger partial charge is 0.240 e. The number of aryl methyl sites for hydroxylation is 1. The van der Waals surface area contributed by atoms with E-state index in [4.69, 9.17) is 5.26 Å². The molecule has 136 valence electrons. The Kier molecular flexibility index (Phi) is 7.16. The third-order valence-corrected chi connectivity index (χ3v) is 4.80. The lowest BCUT2D eigenvalue weighted by atomic mass is 10.2. The highest BCUT2D eigenvalue weighted by atomic mass is 32.2. The maximum absolute atomic E-state index is 13.0. The lowest BCUT2D eigenvalue weighted by molar-refractivity contribution is -0.117. The Morgan fingerprint density at radius 2 is 1.92 bits per heavy atom. The van der Waals surface area contributed by atoms with Crippen molar-refractivity contribution in [1.29, 1.82) is 5.26 Å². The van der Waals surface area contributed by atoms with Gasteiger partial charge in [-0.1, -0.05) is 43.8 Å². The van der Waals surface area contributed by atoms with Crippen LogP contribution in [0, 0.1) is 18.3 Å². The molecule has 6 heteroatoms. The van der Waals surface area contributed by atoms with Crippen molar-refractivity contribution in [3.63, 3.8) is 0 Å². The van der Waals surface area contributed by atoms with E-state index in [-0.39, 0.29) is 17.1 Å². The highest BCUT2D eigenvalue weighted by Crippen LogP contribution is 2.26. The van der Waals surface area contributed by atoms with Gasteiger partial charge in [-0.3, -0.25) is 4.79 Å². The summed E-state index contributed by atoms with van der Waals surface area (Å²) in [5.74, 6) is 0.993. The molecule has 0 saturated heterocycles. The Labute approximate surface area is 159 Å². The fourth-order valence-electron chi connectivity index (χ4n) is 2.47. The summed E-state index contributed by atoms with van der Waals surface area (Å²) in [4.78, 5) is 23.7. The summed E-state index contributed by atoms with van der Waals surface area (Å²) in [5, 5.41) is 9.41. The van der Waals surface area contributed by atoms with Crippen LogP contribution in [0.25, 0.3) is 0 Å². The summed E-state index contributed by atoms with van der Waals surface area (Å²) in [6.45, 7) is 8.30. The first-order valence-corrected chi connectivity index (χ1v) is 9.56. The largest absolute Gasteiger partial charge is 0.310 e. The Balaban J connectivity index is 2.20.